The SMILES string of the molecule is COc1cc(NC(=S)NC(=O)c2cccc(C)c2)ccc1N1C(=O)c2ccccc2C1=O. The van der Waals surface area contributed by atoms with E-state index in [0.29, 0.717) is 33.8 Å². The predicted octanol–water partition coefficient (Wildman–Crippen LogP) is 3.93. The molecule has 7 nitrogen and oxygen atoms in total. The Balaban J connectivity index is 1.52. The molecule has 1 heterocycles. The summed E-state index contributed by atoms with van der Waals surface area (Å²) in [5.74, 6) is -0.853. The summed E-state index contributed by atoms with van der Waals surface area (Å²) in [7, 11) is 1.44. The maximum Gasteiger partial charge on any atom is 0.266 e. The van der Waals surface area contributed by atoms with Gasteiger partial charge >= 0.3 is 0 Å². The summed E-state index contributed by atoms with van der Waals surface area (Å²) >= 11 is 5.25. The molecular weight excluding hydrogens is 426 g/mol. The number of benzene rings is 3. The number of carbonyl (C=O) groups is 3. The molecular formula is C24H19N3O4S. The fourth-order valence-corrected chi connectivity index (χ4v) is 3.68. The van der Waals surface area contributed by atoms with Gasteiger partial charge in [0, 0.05) is 17.3 Å². The second kappa shape index (κ2) is 8.60. The second-order valence-electron chi connectivity index (χ2n) is 7.16. The van der Waals surface area contributed by atoms with Crippen molar-refractivity contribution in [3.63, 3.8) is 0 Å². The first-order chi connectivity index (χ1) is 15.4. The van der Waals surface area contributed by atoms with Crippen LogP contribution in [0.4, 0.5) is 11.4 Å². The molecule has 1 aliphatic heterocycles. The van der Waals surface area contributed by atoms with Crippen LogP contribution in [0.15, 0.2) is 66.7 Å². The van der Waals surface area contributed by atoms with E-state index >= 15 is 0 Å². The lowest BCUT2D eigenvalue weighted by molar-refractivity contribution is 0.0922. The van der Waals surface area contributed by atoms with Gasteiger partial charge < -0.3 is 10.1 Å². The van der Waals surface area contributed by atoms with Crippen molar-refractivity contribution < 1.29 is 19.1 Å². The van der Waals surface area contributed by atoms with Crippen LogP contribution >= 0.6 is 12.2 Å². The maximum atomic E-state index is 12.8. The number of thiocarbonyl (C=S) groups is 1. The lowest BCUT2D eigenvalue weighted by Crippen LogP contribution is -2.34. The van der Waals surface area contributed by atoms with Gasteiger partial charge in [0.15, 0.2) is 5.11 Å². The molecule has 3 amide bonds. The van der Waals surface area contributed by atoms with Gasteiger partial charge in [-0.2, -0.15) is 0 Å². The monoisotopic (exact) mass is 445 g/mol. The average Bonchev–Trinajstić information content (AvgIpc) is 3.04. The third-order valence-corrected chi connectivity index (χ3v) is 5.18. The molecule has 0 fully saturated rings. The molecule has 1 aliphatic rings. The van der Waals surface area contributed by atoms with E-state index < -0.39 is 11.8 Å². The third kappa shape index (κ3) is 3.95. The van der Waals surface area contributed by atoms with E-state index in [-0.39, 0.29) is 11.0 Å². The zero-order valence-corrected chi connectivity index (χ0v) is 18.2. The first-order valence-electron chi connectivity index (χ1n) is 9.74. The molecule has 0 radical (unpaired) electrons. The molecule has 0 atom stereocenters. The highest BCUT2D eigenvalue weighted by Crippen LogP contribution is 2.36. The number of hydrogen-bond acceptors (Lipinski definition) is 5. The van der Waals surface area contributed by atoms with E-state index in [1.54, 1.807) is 60.7 Å². The third-order valence-electron chi connectivity index (χ3n) is 4.98. The standard InChI is InChI=1S/C24H19N3O4S/c1-14-6-5-7-15(12-14)21(28)26-24(32)25-16-10-11-19(20(13-16)31-2)27-22(29)17-8-3-4-9-18(17)23(27)30/h3-13H,1-2H3,(H2,25,26,28,32). The van der Waals surface area contributed by atoms with E-state index in [1.807, 2.05) is 13.0 Å². The smallest absolute Gasteiger partial charge is 0.266 e. The summed E-state index contributed by atoms with van der Waals surface area (Å²) in [5, 5.41) is 5.65. The Morgan fingerprint density at radius 1 is 0.938 bits per heavy atom. The molecule has 0 unspecified atom stereocenters. The minimum Gasteiger partial charge on any atom is -0.494 e. The Morgan fingerprint density at radius 2 is 1.62 bits per heavy atom. The molecule has 32 heavy (non-hydrogen) atoms. The highest BCUT2D eigenvalue weighted by Gasteiger charge is 2.37. The van der Waals surface area contributed by atoms with Gasteiger partial charge in [-0.1, -0.05) is 29.8 Å². The summed E-state index contributed by atoms with van der Waals surface area (Å²) in [6.07, 6.45) is 0. The minimum atomic E-state index is -0.412. The fourth-order valence-electron chi connectivity index (χ4n) is 3.47. The molecule has 0 aliphatic carbocycles. The van der Waals surface area contributed by atoms with Crippen LogP contribution in [0.2, 0.25) is 0 Å². The van der Waals surface area contributed by atoms with Crippen molar-refractivity contribution in [3.8, 4) is 5.75 Å². The summed E-state index contributed by atoms with van der Waals surface area (Å²) in [6, 6.07) is 18.7. The van der Waals surface area contributed by atoms with Crippen LogP contribution < -0.4 is 20.3 Å². The van der Waals surface area contributed by atoms with Gasteiger partial charge in [-0.05, 0) is 55.5 Å². The number of fused-ring (bicyclic) bond motifs is 1. The minimum absolute atomic E-state index is 0.104. The number of hydrogen-bond donors (Lipinski definition) is 2. The van der Waals surface area contributed by atoms with Crippen LogP contribution in [-0.2, 0) is 0 Å². The predicted molar refractivity (Wildman–Crippen MR) is 125 cm³/mol. The number of ether oxygens (including phenoxy) is 1. The molecule has 0 saturated heterocycles. The van der Waals surface area contributed by atoms with Crippen molar-refractivity contribution in [2.24, 2.45) is 0 Å². The zero-order valence-electron chi connectivity index (χ0n) is 17.3. The van der Waals surface area contributed by atoms with Crippen LogP contribution in [0.25, 0.3) is 0 Å². The number of rotatable bonds is 4. The van der Waals surface area contributed by atoms with Crippen LogP contribution in [0, 0.1) is 6.92 Å². The Bertz CT molecular complexity index is 1240. The average molecular weight is 446 g/mol. The number of nitrogens with zero attached hydrogens (tertiary/aromatic N) is 1. The molecule has 0 aromatic heterocycles. The number of methoxy groups -OCH3 is 1. The van der Waals surface area contributed by atoms with Crippen molar-refractivity contribution in [1.29, 1.82) is 0 Å². The van der Waals surface area contributed by atoms with E-state index in [0.717, 1.165) is 10.5 Å². The van der Waals surface area contributed by atoms with Crippen LogP contribution in [0.5, 0.6) is 5.75 Å². The van der Waals surface area contributed by atoms with Crippen LogP contribution in [0.1, 0.15) is 36.6 Å². The lowest BCUT2D eigenvalue weighted by Gasteiger charge is -2.19. The van der Waals surface area contributed by atoms with E-state index in [2.05, 4.69) is 10.6 Å². The topological polar surface area (TPSA) is 87.7 Å². The van der Waals surface area contributed by atoms with Crippen LogP contribution in [-0.4, -0.2) is 29.9 Å². The first kappa shape index (κ1) is 21.2. The summed E-state index contributed by atoms with van der Waals surface area (Å²) in [5.41, 5.74) is 3.00. The number of aryl methyl sites for hydroxylation is 1. The van der Waals surface area contributed by atoms with Crippen molar-refractivity contribution >= 4 is 46.4 Å². The van der Waals surface area contributed by atoms with Gasteiger partial charge in [-0.15, -0.1) is 0 Å². The highest BCUT2D eigenvalue weighted by molar-refractivity contribution is 7.80. The van der Waals surface area contributed by atoms with Gasteiger partial charge in [0.1, 0.15) is 5.75 Å². The van der Waals surface area contributed by atoms with Crippen LogP contribution in [0.3, 0.4) is 0 Å². The molecule has 3 aromatic carbocycles. The van der Waals surface area contributed by atoms with E-state index in [9.17, 15) is 14.4 Å². The molecule has 0 bridgehead atoms. The summed E-state index contributed by atoms with van der Waals surface area (Å²) < 4.78 is 5.42. The second-order valence-corrected chi connectivity index (χ2v) is 7.56. The Morgan fingerprint density at radius 3 is 2.25 bits per heavy atom. The van der Waals surface area contributed by atoms with Gasteiger partial charge in [0.05, 0.1) is 23.9 Å². The van der Waals surface area contributed by atoms with Gasteiger partial charge in [-0.3, -0.25) is 19.7 Å². The molecule has 3 aromatic rings. The van der Waals surface area contributed by atoms with Crippen molar-refractivity contribution in [2.45, 2.75) is 6.92 Å². The number of amides is 3. The van der Waals surface area contributed by atoms with Crippen molar-refractivity contribution in [2.75, 3.05) is 17.3 Å². The number of anilines is 2. The Labute approximate surface area is 190 Å². The van der Waals surface area contributed by atoms with E-state index in [4.69, 9.17) is 17.0 Å². The quantitative estimate of drug-likeness (QED) is 0.467. The van der Waals surface area contributed by atoms with E-state index in [1.165, 1.54) is 7.11 Å². The van der Waals surface area contributed by atoms with Gasteiger partial charge in [0.25, 0.3) is 17.7 Å². The largest absolute Gasteiger partial charge is 0.494 e. The lowest BCUT2D eigenvalue weighted by atomic mass is 10.1. The number of imide groups is 1. The zero-order chi connectivity index (χ0) is 22.8. The maximum absolute atomic E-state index is 12.8. The summed E-state index contributed by atoms with van der Waals surface area (Å²) in [4.78, 5) is 39.0. The van der Waals surface area contributed by atoms with Gasteiger partial charge in [0.2, 0.25) is 0 Å². The Hall–Kier alpha value is -4.04. The number of carbonyl (C=O) groups excluding carboxylic acids is 3. The fraction of sp³-hybridized carbons (Fsp3) is 0.0833. The summed E-state index contributed by atoms with van der Waals surface area (Å²) in [6.45, 7) is 1.90. The van der Waals surface area contributed by atoms with Crippen molar-refractivity contribution in [1.82, 2.24) is 5.32 Å². The van der Waals surface area contributed by atoms with Gasteiger partial charge in [-0.25, -0.2) is 4.90 Å². The molecule has 0 spiro atoms. The van der Waals surface area contributed by atoms with Crippen molar-refractivity contribution in [3.05, 3.63) is 89.0 Å². The number of nitrogens with one attached hydrogen (secondary N) is 2. The molecule has 0 saturated carbocycles. The molecule has 160 valence electrons. The first-order valence-corrected chi connectivity index (χ1v) is 10.1. The highest BCUT2D eigenvalue weighted by atomic mass is 32.1. The molecule has 8 heteroatoms. The molecule has 4 rings (SSSR count). The Kier molecular flexibility index (Phi) is 5.70. The normalized spacial score (nSPS) is 12.4. The molecule has 2 N–H and O–H groups in total.